The van der Waals surface area contributed by atoms with Gasteiger partial charge < -0.3 is 4.90 Å². The zero-order valence-electron chi connectivity index (χ0n) is 18.3. The number of hydrogen-bond donors (Lipinski definition) is 0. The Kier molecular flexibility index (Phi) is 5.25. The van der Waals surface area contributed by atoms with Crippen molar-refractivity contribution < 1.29 is 13.2 Å². The summed E-state index contributed by atoms with van der Waals surface area (Å²) in [5.41, 5.74) is 3.48. The molecule has 32 heavy (non-hydrogen) atoms. The highest BCUT2D eigenvalue weighted by Gasteiger charge is 2.37. The molecule has 0 N–H and O–H groups in total. The van der Waals surface area contributed by atoms with Gasteiger partial charge >= 0.3 is 0 Å². The Morgan fingerprint density at radius 3 is 2.75 bits per heavy atom. The Labute approximate surface area is 187 Å². The molecule has 0 spiro atoms. The van der Waals surface area contributed by atoms with Crippen LogP contribution in [0.5, 0.6) is 0 Å². The molecule has 2 aromatic carbocycles. The lowest BCUT2D eigenvalue weighted by Crippen LogP contribution is -2.46. The number of para-hydroxylation sites is 1. The van der Waals surface area contributed by atoms with Gasteiger partial charge in [-0.2, -0.15) is 4.31 Å². The number of sulfonamides is 1. The molecular formula is C23H27N5O3S. The Balaban J connectivity index is 1.38. The molecule has 3 heterocycles. The molecule has 8 nitrogen and oxygen atoms in total. The molecule has 1 amide bonds. The Bertz CT molecular complexity index is 1280. The van der Waals surface area contributed by atoms with Gasteiger partial charge in [-0.3, -0.25) is 4.79 Å². The number of hydrogen-bond acceptors (Lipinski definition) is 5. The van der Waals surface area contributed by atoms with Gasteiger partial charge in [0.15, 0.2) is 0 Å². The minimum atomic E-state index is -3.73. The second-order valence-corrected chi connectivity index (χ2v) is 10.8. The molecule has 1 fully saturated rings. The number of carbonyl (C=O) groups is 1. The summed E-state index contributed by atoms with van der Waals surface area (Å²) in [6.07, 6.45) is 2.20. The van der Waals surface area contributed by atoms with E-state index in [1.165, 1.54) is 9.87 Å². The smallest absolute Gasteiger partial charge is 0.243 e. The summed E-state index contributed by atoms with van der Waals surface area (Å²) in [5, 5.41) is 8.28. The van der Waals surface area contributed by atoms with Crippen molar-refractivity contribution in [3.8, 4) is 0 Å². The summed E-state index contributed by atoms with van der Waals surface area (Å²) in [4.78, 5) is 15.3. The lowest BCUT2D eigenvalue weighted by molar-refractivity contribution is -0.123. The van der Waals surface area contributed by atoms with Crippen molar-refractivity contribution in [1.82, 2.24) is 19.3 Å². The summed E-state index contributed by atoms with van der Waals surface area (Å²) in [5.74, 6) is -0.319. The normalized spacial score (nSPS) is 19.6. The summed E-state index contributed by atoms with van der Waals surface area (Å²) in [6, 6.07) is 13.0. The summed E-state index contributed by atoms with van der Waals surface area (Å²) in [6.45, 7) is 5.28. The summed E-state index contributed by atoms with van der Waals surface area (Å²) in [7, 11) is -3.73. The molecule has 5 rings (SSSR count). The van der Waals surface area contributed by atoms with E-state index in [0.29, 0.717) is 31.4 Å². The maximum Gasteiger partial charge on any atom is 0.243 e. The van der Waals surface area contributed by atoms with Gasteiger partial charge in [-0.15, -0.1) is 5.10 Å². The van der Waals surface area contributed by atoms with E-state index in [0.717, 1.165) is 17.6 Å². The van der Waals surface area contributed by atoms with Crippen LogP contribution in [-0.4, -0.2) is 53.3 Å². The van der Waals surface area contributed by atoms with Crippen molar-refractivity contribution in [2.45, 2.75) is 44.0 Å². The molecule has 3 aromatic rings. The van der Waals surface area contributed by atoms with Crippen molar-refractivity contribution in [1.29, 1.82) is 0 Å². The molecule has 2 aliphatic rings. The zero-order chi connectivity index (χ0) is 22.5. The van der Waals surface area contributed by atoms with Gasteiger partial charge in [-0.05, 0) is 62.9 Å². The van der Waals surface area contributed by atoms with E-state index in [4.69, 9.17) is 0 Å². The number of anilines is 1. The molecule has 1 unspecified atom stereocenters. The Hall–Kier alpha value is -2.78. The highest BCUT2D eigenvalue weighted by Crippen LogP contribution is 2.32. The first-order chi connectivity index (χ1) is 15.4. The molecule has 0 radical (unpaired) electrons. The molecule has 2 aliphatic heterocycles. The van der Waals surface area contributed by atoms with Gasteiger partial charge in [0.1, 0.15) is 5.52 Å². The van der Waals surface area contributed by atoms with E-state index in [1.54, 1.807) is 22.9 Å². The van der Waals surface area contributed by atoms with Gasteiger partial charge in [0.2, 0.25) is 15.9 Å². The van der Waals surface area contributed by atoms with Crippen molar-refractivity contribution in [3.63, 3.8) is 0 Å². The van der Waals surface area contributed by atoms with Crippen LogP contribution in [0.1, 0.15) is 38.3 Å². The number of piperidine rings is 1. The Morgan fingerprint density at radius 2 is 1.94 bits per heavy atom. The molecule has 0 saturated carbocycles. The first kappa shape index (κ1) is 21.1. The third kappa shape index (κ3) is 3.49. The number of carbonyl (C=O) groups excluding carboxylic acids is 1. The minimum Gasteiger partial charge on any atom is -0.312 e. The summed E-state index contributed by atoms with van der Waals surface area (Å²) >= 11 is 0. The highest BCUT2D eigenvalue weighted by molar-refractivity contribution is 7.89. The summed E-state index contributed by atoms with van der Waals surface area (Å²) < 4.78 is 30.0. The van der Waals surface area contributed by atoms with Crippen LogP contribution in [0.25, 0.3) is 11.0 Å². The number of nitrogens with zero attached hydrogens (tertiary/aromatic N) is 5. The monoisotopic (exact) mass is 453 g/mol. The van der Waals surface area contributed by atoms with Crippen LogP contribution in [0.2, 0.25) is 0 Å². The fourth-order valence-electron chi connectivity index (χ4n) is 4.76. The van der Waals surface area contributed by atoms with Gasteiger partial charge in [0.25, 0.3) is 0 Å². The average molecular weight is 454 g/mol. The zero-order valence-corrected chi connectivity index (χ0v) is 19.1. The number of fused-ring (bicyclic) bond motifs is 2. The molecule has 168 valence electrons. The third-order valence-corrected chi connectivity index (χ3v) is 8.32. The van der Waals surface area contributed by atoms with Crippen molar-refractivity contribution in [2.24, 2.45) is 5.92 Å². The first-order valence-electron chi connectivity index (χ1n) is 11.1. The van der Waals surface area contributed by atoms with Gasteiger partial charge in [0.05, 0.1) is 16.3 Å². The molecule has 1 atom stereocenters. The number of rotatable bonds is 4. The maximum atomic E-state index is 13.4. The van der Waals surface area contributed by atoms with Gasteiger partial charge in [-0.25, -0.2) is 13.1 Å². The van der Waals surface area contributed by atoms with Crippen LogP contribution >= 0.6 is 0 Å². The van der Waals surface area contributed by atoms with Gasteiger partial charge in [0, 0.05) is 31.4 Å². The van der Waals surface area contributed by atoms with Crippen LogP contribution in [0.3, 0.4) is 0 Å². The van der Waals surface area contributed by atoms with Crippen LogP contribution in [0.15, 0.2) is 47.4 Å². The molecule has 1 saturated heterocycles. The SMILES string of the molecule is CC(C)n1nnc2cc(S(=O)(=O)N3CCCC(C(=O)N4CCc5ccccc54)C3)ccc21. The van der Waals surface area contributed by atoms with E-state index >= 15 is 0 Å². The highest BCUT2D eigenvalue weighted by atomic mass is 32.2. The quantitative estimate of drug-likeness (QED) is 0.606. The fraction of sp³-hybridized carbons (Fsp3) is 0.435. The van der Waals surface area contributed by atoms with E-state index in [1.807, 2.05) is 43.0 Å². The van der Waals surface area contributed by atoms with Crippen molar-refractivity contribution >= 4 is 32.7 Å². The maximum absolute atomic E-state index is 13.4. The van der Waals surface area contributed by atoms with Crippen LogP contribution < -0.4 is 4.90 Å². The molecule has 1 aromatic heterocycles. The Morgan fingerprint density at radius 1 is 1.12 bits per heavy atom. The second kappa shape index (κ2) is 7.97. The molecule has 0 bridgehead atoms. The van der Waals surface area contributed by atoms with Crippen LogP contribution in [0, 0.1) is 5.92 Å². The molecule has 0 aliphatic carbocycles. The molecule has 9 heteroatoms. The van der Waals surface area contributed by atoms with Crippen LogP contribution in [0.4, 0.5) is 5.69 Å². The number of aromatic nitrogens is 3. The second-order valence-electron chi connectivity index (χ2n) is 8.85. The number of amides is 1. The topological polar surface area (TPSA) is 88.4 Å². The van der Waals surface area contributed by atoms with Crippen LogP contribution in [-0.2, 0) is 21.2 Å². The predicted molar refractivity (Wildman–Crippen MR) is 122 cm³/mol. The molecular weight excluding hydrogens is 426 g/mol. The fourth-order valence-corrected chi connectivity index (χ4v) is 6.31. The largest absolute Gasteiger partial charge is 0.312 e. The third-order valence-electron chi connectivity index (χ3n) is 6.46. The predicted octanol–water partition coefficient (Wildman–Crippen LogP) is 3.00. The van der Waals surface area contributed by atoms with E-state index in [-0.39, 0.29) is 29.3 Å². The average Bonchev–Trinajstić information content (AvgIpc) is 3.42. The lowest BCUT2D eigenvalue weighted by atomic mass is 9.98. The minimum absolute atomic E-state index is 0.0187. The lowest BCUT2D eigenvalue weighted by Gasteiger charge is -2.33. The first-order valence-corrected chi connectivity index (χ1v) is 12.5. The van der Waals surface area contributed by atoms with Crippen molar-refractivity contribution in [2.75, 3.05) is 24.5 Å². The van der Waals surface area contributed by atoms with Gasteiger partial charge in [-0.1, -0.05) is 23.4 Å². The van der Waals surface area contributed by atoms with E-state index in [2.05, 4.69) is 10.3 Å². The number of benzene rings is 2. The van der Waals surface area contributed by atoms with Crippen molar-refractivity contribution in [3.05, 3.63) is 48.0 Å². The standard InChI is InChI=1S/C23H27N5O3S/c1-16(2)28-22-10-9-19(14-20(22)24-25-28)32(30,31)26-12-5-7-18(15-26)23(29)27-13-11-17-6-3-4-8-21(17)27/h3-4,6,8-10,14,16,18H,5,7,11-13,15H2,1-2H3. The van der Waals surface area contributed by atoms with E-state index < -0.39 is 10.0 Å². The van der Waals surface area contributed by atoms with E-state index in [9.17, 15) is 13.2 Å².